The molecule has 0 aliphatic rings. The van der Waals surface area contributed by atoms with E-state index >= 15 is 0 Å². The Morgan fingerprint density at radius 1 is 0.921 bits per heavy atom. The molecule has 0 unspecified atom stereocenters. The average Bonchev–Trinajstić information content (AvgIpc) is 3.31. The van der Waals surface area contributed by atoms with Gasteiger partial charge < -0.3 is 14.6 Å². The van der Waals surface area contributed by atoms with E-state index in [2.05, 4.69) is 88.7 Å². The lowest BCUT2D eigenvalue weighted by molar-refractivity contribution is -0.121. The smallest absolute Gasteiger partial charge is 0.221 e. The number of aryl methyl sites for hydroxylation is 1. The van der Waals surface area contributed by atoms with E-state index in [0.717, 1.165) is 34.5 Å². The van der Waals surface area contributed by atoms with Crippen molar-refractivity contribution in [2.24, 2.45) is 0 Å². The summed E-state index contributed by atoms with van der Waals surface area (Å²) < 4.78 is 7.97. The van der Waals surface area contributed by atoms with Crippen molar-refractivity contribution in [2.75, 3.05) is 6.61 Å². The molecule has 0 saturated heterocycles. The molecule has 5 rings (SSSR count). The van der Waals surface area contributed by atoms with Crippen LogP contribution in [0.3, 0.4) is 0 Å². The minimum atomic E-state index is -0.104. The zero-order valence-electron chi connectivity index (χ0n) is 21.9. The number of rotatable bonds is 10. The molecule has 0 aliphatic carbocycles. The maximum Gasteiger partial charge on any atom is 0.221 e. The molecule has 3 aromatic carbocycles. The number of hydrogen-bond acceptors (Lipinski definition) is 3. The molecule has 0 bridgehead atoms. The van der Waals surface area contributed by atoms with Crippen LogP contribution in [0.25, 0.3) is 10.9 Å². The summed E-state index contributed by atoms with van der Waals surface area (Å²) in [7, 11) is 0. The highest BCUT2D eigenvalue weighted by Gasteiger charge is 2.23. The summed E-state index contributed by atoms with van der Waals surface area (Å²) in [5.74, 6) is 0.738. The monoisotopic (exact) mass is 503 g/mol. The molecule has 0 saturated carbocycles. The van der Waals surface area contributed by atoms with E-state index in [1.807, 2.05) is 31.2 Å². The Labute approximate surface area is 224 Å². The molecule has 0 fully saturated rings. The molecule has 1 amide bonds. The second kappa shape index (κ2) is 11.8. The minimum absolute atomic E-state index is 0.0102. The molecule has 1 N–H and O–H groups in total. The van der Waals surface area contributed by atoms with E-state index in [9.17, 15) is 4.79 Å². The lowest BCUT2D eigenvalue weighted by atomic mass is 9.88. The van der Waals surface area contributed by atoms with Crippen molar-refractivity contribution in [3.63, 3.8) is 0 Å². The third-order valence-electron chi connectivity index (χ3n) is 6.89. The summed E-state index contributed by atoms with van der Waals surface area (Å²) in [5, 5.41) is 4.27. The van der Waals surface area contributed by atoms with Gasteiger partial charge in [-0.15, -0.1) is 0 Å². The molecule has 192 valence electrons. The lowest BCUT2D eigenvalue weighted by Gasteiger charge is -2.18. The quantitative estimate of drug-likeness (QED) is 0.233. The molecule has 0 spiro atoms. The number of fused-ring (bicyclic) bond motifs is 1. The van der Waals surface area contributed by atoms with Crippen molar-refractivity contribution < 1.29 is 9.53 Å². The molecule has 5 heteroatoms. The van der Waals surface area contributed by atoms with E-state index in [1.54, 1.807) is 12.4 Å². The number of carbonyl (C=O) groups excluding carboxylic acids is 1. The van der Waals surface area contributed by atoms with Gasteiger partial charge in [0.2, 0.25) is 5.91 Å². The Kier molecular flexibility index (Phi) is 7.84. The van der Waals surface area contributed by atoms with Gasteiger partial charge in [-0.25, -0.2) is 0 Å². The van der Waals surface area contributed by atoms with Crippen LogP contribution >= 0.6 is 0 Å². The first-order valence-corrected chi connectivity index (χ1v) is 13.1. The normalized spacial score (nSPS) is 11.8. The highest BCUT2D eigenvalue weighted by Crippen LogP contribution is 2.36. The first kappa shape index (κ1) is 25.3. The number of nitrogens with one attached hydrogen (secondary N) is 1. The summed E-state index contributed by atoms with van der Waals surface area (Å²) in [5.41, 5.74) is 6.93. The molecule has 2 aromatic heterocycles. The molecule has 1 atom stereocenters. The number of hydrogen-bond donors (Lipinski definition) is 1. The Morgan fingerprint density at radius 3 is 2.39 bits per heavy atom. The molecule has 38 heavy (non-hydrogen) atoms. The molecule has 0 radical (unpaired) electrons. The molecular weight excluding hydrogens is 470 g/mol. The zero-order chi connectivity index (χ0) is 26.3. The third-order valence-corrected chi connectivity index (χ3v) is 6.89. The van der Waals surface area contributed by atoms with Gasteiger partial charge in [-0.2, -0.15) is 0 Å². The summed E-state index contributed by atoms with van der Waals surface area (Å²) in [4.78, 5) is 17.3. The van der Waals surface area contributed by atoms with Crippen LogP contribution in [-0.2, 0) is 17.9 Å². The van der Waals surface area contributed by atoms with Crippen LogP contribution in [0, 0.1) is 6.92 Å². The number of benzene rings is 3. The number of nitrogens with zero attached hydrogens (tertiary/aromatic N) is 2. The fourth-order valence-corrected chi connectivity index (χ4v) is 4.90. The van der Waals surface area contributed by atoms with Crippen LogP contribution in [0.15, 0.2) is 104 Å². The molecule has 5 nitrogen and oxygen atoms in total. The molecule has 2 heterocycles. The van der Waals surface area contributed by atoms with Crippen molar-refractivity contribution in [1.29, 1.82) is 0 Å². The first-order chi connectivity index (χ1) is 18.6. The third kappa shape index (κ3) is 5.94. The molecule has 0 aliphatic heterocycles. The van der Waals surface area contributed by atoms with Crippen molar-refractivity contribution in [2.45, 2.75) is 39.3 Å². The van der Waals surface area contributed by atoms with E-state index in [4.69, 9.17) is 4.74 Å². The fraction of sp³-hybridized carbons (Fsp3) is 0.212. The van der Waals surface area contributed by atoms with E-state index in [-0.39, 0.29) is 11.8 Å². The van der Waals surface area contributed by atoms with Crippen LogP contribution < -0.4 is 10.1 Å². The van der Waals surface area contributed by atoms with Gasteiger partial charge in [0.25, 0.3) is 0 Å². The van der Waals surface area contributed by atoms with Crippen molar-refractivity contribution in [1.82, 2.24) is 14.9 Å². The zero-order valence-corrected chi connectivity index (χ0v) is 21.9. The number of aromatic nitrogens is 2. The molecular formula is C33H33N3O2. The minimum Gasteiger partial charge on any atom is -0.494 e. The largest absolute Gasteiger partial charge is 0.494 e. The van der Waals surface area contributed by atoms with Gasteiger partial charge in [0, 0.05) is 54.9 Å². The summed E-state index contributed by atoms with van der Waals surface area (Å²) in [6.45, 7) is 5.95. The topological polar surface area (TPSA) is 56.1 Å². The predicted molar refractivity (Wildman–Crippen MR) is 152 cm³/mol. The van der Waals surface area contributed by atoms with Gasteiger partial charge in [0.05, 0.1) is 6.61 Å². The number of pyridine rings is 1. The van der Waals surface area contributed by atoms with Crippen molar-refractivity contribution in [3.8, 4) is 5.75 Å². The Hall–Kier alpha value is -4.38. The second-order valence-electron chi connectivity index (χ2n) is 9.61. The maximum atomic E-state index is 13.3. The van der Waals surface area contributed by atoms with Crippen LogP contribution in [0.2, 0.25) is 0 Å². The standard InChI is InChI=1S/C33H33N3O2/c1-3-38-28-14-12-27(13-15-28)30(20-33(37)35-21-25-16-18-34-19-17-25)31-23-36(32-7-5-4-6-29(31)32)22-26-10-8-24(2)9-11-26/h4-19,23,30H,3,20-22H2,1-2H3,(H,35,37)/t30-/m0/s1. The van der Waals surface area contributed by atoms with Gasteiger partial charge in [-0.05, 0) is 66.4 Å². The maximum absolute atomic E-state index is 13.3. The SMILES string of the molecule is CCOc1ccc([C@H](CC(=O)NCc2ccncc2)c2cn(Cc3ccc(C)cc3)c3ccccc23)cc1. The average molecular weight is 504 g/mol. The fourth-order valence-electron chi connectivity index (χ4n) is 4.90. The Bertz CT molecular complexity index is 1490. The van der Waals surface area contributed by atoms with Gasteiger partial charge in [-0.3, -0.25) is 9.78 Å². The number of amides is 1. The van der Waals surface area contributed by atoms with E-state index < -0.39 is 0 Å². The van der Waals surface area contributed by atoms with E-state index in [0.29, 0.717) is 19.6 Å². The summed E-state index contributed by atoms with van der Waals surface area (Å²) in [6.07, 6.45) is 6.06. The number of ether oxygens (including phenoxy) is 1. The van der Waals surface area contributed by atoms with Crippen LogP contribution in [-0.4, -0.2) is 22.1 Å². The second-order valence-corrected chi connectivity index (χ2v) is 9.61. The van der Waals surface area contributed by atoms with Crippen LogP contribution in [0.4, 0.5) is 0 Å². The van der Waals surface area contributed by atoms with Gasteiger partial charge >= 0.3 is 0 Å². The van der Waals surface area contributed by atoms with E-state index in [1.165, 1.54) is 16.5 Å². The highest BCUT2D eigenvalue weighted by molar-refractivity contribution is 5.86. The van der Waals surface area contributed by atoms with Gasteiger partial charge in [0.15, 0.2) is 0 Å². The lowest BCUT2D eigenvalue weighted by Crippen LogP contribution is -2.25. The van der Waals surface area contributed by atoms with Gasteiger partial charge in [0.1, 0.15) is 5.75 Å². The predicted octanol–water partition coefficient (Wildman–Crippen LogP) is 6.63. The molecule has 5 aromatic rings. The summed E-state index contributed by atoms with van der Waals surface area (Å²) in [6, 6.07) is 29.1. The highest BCUT2D eigenvalue weighted by atomic mass is 16.5. The van der Waals surface area contributed by atoms with Crippen molar-refractivity contribution >= 4 is 16.8 Å². The van der Waals surface area contributed by atoms with Crippen LogP contribution in [0.5, 0.6) is 5.75 Å². The Balaban J connectivity index is 1.49. The Morgan fingerprint density at radius 2 is 1.66 bits per heavy atom. The van der Waals surface area contributed by atoms with Crippen molar-refractivity contribution in [3.05, 3.63) is 131 Å². The number of carbonyl (C=O) groups is 1. The van der Waals surface area contributed by atoms with Crippen LogP contribution in [0.1, 0.15) is 47.1 Å². The first-order valence-electron chi connectivity index (χ1n) is 13.1. The number of para-hydroxylation sites is 1. The van der Waals surface area contributed by atoms with Gasteiger partial charge in [-0.1, -0.05) is 60.2 Å². The summed E-state index contributed by atoms with van der Waals surface area (Å²) >= 11 is 0.